The number of methoxy groups -OCH3 is 1. The van der Waals surface area contributed by atoms with Crippen LogP contribution in [0.25, 0.3) is 11.3 Å². The number of carbonyl (C=O) groups excluding carboxylic acids is 1. The maximum atomic E-state index is 13.0. The van der Waals surface area contributed by atoms with Gasteiger partial charge in [-0.15, -0.1) is 0 Å². The van der Waals surface area contributed by atoms with E-state index in [-0.39, 0.29) is 19.4 Å². The minimum atomic E-state index is -3.30. The van der Waals surface area contributed by atoms with E-state index in [0.717, 1.165) is 28.9 Å². The van der Waals surface area contributed by atoms with Gasteiger partial charge in [-0.05, 0) is 43.7 Å². The number of ether oxygens (including phenoxy) is 1. The quantitative estimate of drug-likeness (QED) is 0.301. The maximum Gasteiger partial charge on any atom is 0.336 e. The zero-order chi connectivity index (χ0) is 22.3. The average Bonchev–Trinajstić information content (AvgIpc) is 3.16. The molecule has 3 rings (SSSR count). The summed E-state index contributed by atoms with van der Waals surface area (Å²) in [6, 6.07) is 16.9. The Kier molecular flexibility index (Phi) is 7.80. The van der Waals surface area contributed by atoms with Gasteiger partial charge in [-0.2, -0.15) is 5.10 Å². The Morgan fingerprint density at radius 1 is 1.03 bits per heavy atom. The predicted molar refractivity (Wildman–Crippen MR) is 120 cm³/mol. The maximum absolute atomic E-state index is 13.0. The summed E-state index contributed by atoms with van der Waals surface area (Å²) in [6.45, 7) is 4.64. The molecule has 0 bridgehead atoms. The summed E-state index contributed by atoms with van der Waals surface area (Å²) in [7, 11) is -1.67. The Morgan fingerprint density at radius 3 is 2.35 bits per heavy atom. The van der Waals surface area contributed by atoms with Crippen molar-refractivity contribution in [2.24, 2.45) is 0 Å². The summed E-state index contributed by atoms with van der Waals surface area (Å²) >= 11 is 0. The second kappa shape index (κ2) is 10.5. The van der Waals surface area contributed by atoms with Gasteiger partial charge in [-0.3, -0.25) is 14.0 Å². The fourth-order valence-corrected chi connectivity index (χ4v) is 4.89. The average molecular weight is 442 g/mol. The topological polar surface area (TPSA) is 79.7 Å². The lowest BCUT2D eigenvalue weighted by molar-refractivity contribution is 0.112. The van der Waals surface area contributed by atoms with Crippen molar-refractivity contribution >= 4 is 13.9 Å². The highest BCUT2D eigenvalue weighted by molar-refractivity contribution is 7.53. The van der Waals surface area contributed by atoms with E-state index in [4.69, 9.17) is 18.9 Å². The summed E-state index contributed by atoms with van der Waals surface area (Å²) in [5, 5.41) is 4.69. The van der Waals surface area contributed by atoms with Crippen LogP contribution in [0.15, 0.2) is 54.6 Å². The second-order valence-corrected chi connectivity index (χ2v) is 8.93. The number of aldehydes is 1. The summed E-state index contributed by atoms with van der Waals surface area (Å²) in [4.78, 5) is 11.3. The van der Waals surface area contributed by atoms with Crippen LogP contribution in [0.4, 0.5) is 0 Å². The van der Waals surface area contributed by atoms with Crippen molar-refractivity contribution in [3.8, 4) is 17.0 Å². The number of hydrogen-bond acceptors (Lipinski definition) is 6. The zero-order valence-electron chi connectivity index (χ0n) is 18.0. The van der Waals surface area contributed by atoms with Crippen LogP contribution in [-0.2, 0) is 26.3 Å². The Balaban J connectivity index is 1.99. The lowest BCUT2D eigenvalue weighted by Gasteiger charge is -2.15. The van der Waals surface area contributed by atoms with E-state index in [1.54, 1.807) is 27.0 Å². The first-order valence-electron chi connectivity index (χ1n) is 10.1. The smallest absolute Gasteiger partial charge is 0.336 e. The van der Waals surface area contributed by atoms with Gasteiger partial charge in [0.15, 0.2) is 0 Å². The van der Waals surface area contributed by atoms with Gasteiger partial charge in [-0.25, -0.2) is 0 Å². The second-order valence-electron chi connectivity index (χ2n) is 6.87. The van der Waals surface area contributed by atoms with E-state index in [9.17, 15) is 9.36 Å². The number of hydrogen-bond donors (Lipinski definition) is 0. The van der Waals surface area contributed by atoms with Gasteiger partial charge in [-0.1, -0.05) is 30.3 Å². The third kappa shape index (κ3) is 5.91. The molecule has 164 valence electrons. The van der Waals surface area contributed by atoms with E-state index in [1.165, 1.54) is 0 Å². The monoisotopic (exact) mass is 442 g/mol. The molecule has 2 aromatic carbocycles. The Bertz CT molecular complexity index is 1050. The van der Waals surface area contributed by atoms with Gasteiger partial charge in [0.2, 0.25) is 0 Å². The number of nitrogens with zero attached hydrogens (tertiary/aromatic N) is 2. The molecule has 1 heterocycles. The SMILES string of the molecule is CCOP(=O)(Cc1cc(-c2cccc(C=O)c2)n(Cc2ccc(OC)cc2)n1)OCC. The Labute approximate surface area is 182 Å². The standard InChI is InChI=1S/C23H27N2O5P/c1-4-29-31(27,30-5-2)17-21-14-23(20-8-6-7-19(13-20)16-26)25(24-21)15-18-9-11-22(28-3)12-10-18/h6-14,16H,4-5,15,17H2,1-3H3. The van der Waals surface area contributed by atoms with Gasteiger partial charge in [0, 0.05) is 11.1 Å². The van der Waals surface area contributed by atoms with Gasteiger partial charge >= 0.3 is 7.60 Å². The first-order chi connectivity index (χ1) is 15.0. The molecule has 7 nitrogen and oxygen atoms in total. The molecule has 0 radical (unpaired) electrons. The van der Waals surface area contributed by atoms with Crippen LogP contribution in [0, 0.1) is 0 Å². The third-order valence-corrected chi connectivity index (χ3v) is 6.66. The minimum absolute atomic E-state index is 0.0741. The molecule has 3 aromatic rings. The molecule has 31 heavy (non-hydrogen) atoms. The molecule has 0 spiro atoms. The molecule has 8 heteroatoms. The molecule has 0 aliphatic heterocycles. The number of rotatable bonds is 11. The highest BCUT2D eigenvalue weighted by Gasteiger charge is 2.26. The van der Waals surface area contributed by atoms with Crippen molar-refractivity contribution in [2.45, 2.75) is 26.6 Å². The van der Waals surface area contributed by atoms with Crippen LogP contribution in [0.2, 0.25) is 0 Å². The molecule has 0 amide bonds. The molecule has 0 N–H and O–H groups in total. The fourth-order valence-electron chi connectivity index (χ4n) is 3.30. The van der Waals surface area contributed by atoms with Crippen molar-refractivity contribution < 1.29 is 23.1 Å². The van der Waals surface area contributed by atoms with Gasteiger partial charge in [0.05, 0.1) is 44.4 Å². The molecular formula is C23H27N2O5P. The van der Waals surface area contributed by atoms with Gasteiger partial charge in [0.1, 0.15) is 12.0 Å². The Morgan fingerprint density at radius 2 is 1.74 bits per heavy atom. The summed E-state index contributed by atoms with van der Waals surface area (Å²) in [6.07, 6.45) is 0.887. The summed E-state index contributed by atoms with van der Waals surface area (Å²) in [5.74, 6) is 0.776. The van der Waals surface area contributed by atoms with Crippen molar-refractivity contribution in [1.29, 1.82) is 0 Å². The van der Waals surface area contributed by atoms with Crippen molar-refractivity contribution in [3.63, 3.8) is 0 Å². The number of aromatic nitrogens is 2. The van der Waals surface area contributed by atoms with E-state index in [2.05, 4.69) is 0 Å². The van der Waals surface area contributed by atoms with Crippen LogP contribution >= 0.6 is 7.60 Å². The lowest BCUT2D eigenvalue weighted by atomic mass is 10.1. The molecule has 0 saturated heterocycles. The third-order valence-electron chi connectivity index (χ3n) is 4.65. The van der Waals surface area contributed by atoms with E-state index in [1.807, 2.05) is 53.2 Å². The van der Waals surface area contributed by atoms with Crippen LogP contribution in [0.3, 0.4) is 0 Å². The highest BCUT2D eigenvalue weighted by Crippen LogP contribution is 2.51. The van der Waals surface area contributed by atoms with Crippen LogP contribution in [0.5, 0.6) is 5.75 Å². The van der Waals surface area contributed by atoms with Crippen molar-refractivity contribution in [2.75, 3.05) is 20.3 Å². The highest BCUT2D eigenvalue weighted by atomic mass is 31.2. The van der Waals surface area contributed by atoms with Gasteiger partial charge < -0.3 is 13.8 Å². The van der Waals surface area contributed by atoms with E-state index < -0.39 is 7.60 Å². The van der Waals surface area contributed by atoms with Gasteiger partial charge in [0.25, 0.3) is 0 Å². The lowest BCUT2D eigenvalue weighted by Crippen LogP contribution is -2.05. The Hall–Kier alpha value is -2.73. The fraction of sp³-hybridized carbons (Fsp3) is 0.304. The van der Waals surface area contributed by atoms with Crippen LogP contribution < -0.4 is 4.74 Å². The number of benzene rings is 2. The molecule has 0 aliphatic carbocycles. The largest absolute Gasteiger partial charge is 0.497 e. The molecule has 0 atom stereocenters. The molecule has 0 aliphatic rings. The number of carbonyl (C=O) groups is 1. The van der Waals surface area contributed by atoms with Crippen molar-refractivity contribution in [3.05, 3.63) is 71.4 Å². The van der Waals surface area contributed by atoms with Crippen molar-refractivity contribution in [1.82, 2.24) is 9.78 Å². The molecule has 0 unspecified atom stereocenters. The zero-order valence-corrected chi connectivity index (χ0v) is 18.9. The normalized spacial score (nSPS) is 11.5. The molecule has 0 fully saturated rings. The summed E-state index contributed by atoms with van der Waals surface area (Å²) < 4.78 is 30.9. The van der Waals surface area contributed by atoms with Crippen LogP contribution in [-0.4, -0.2) is 36.4 Å². The first-order valence-corrected chi connectivity index (χ1v) is 11.9. The molecule has 1 aromatic heterocycles. The van der Waals surface area contributed by atoms with E-state index >= 15 is 0 Å². The van der Waals surface area contributed by atoms with Crippen LogP contribution in [0.1, 0.15) is 35.5 Å². The predicted octanol–water partition coefficient (Wildman–Crippen LogP) is 5.19. The minimum Gasteiger partial charge on any atom is -0.497 e. The molecule has 0 saturated carbocycles. The summed E-state index contributed by atoms with van der Waals surface area (Å²) in [5.41, 5.74) is 3.87. The first kappa shape index (κ1) is 22.9. The molecular weight excluding hydrogens is 415 g/mol. The van der Waals surface area contributed by atoms with E-state index in [0.29, 0.717) is 17.8 Å².